The second kappa shape index (κ2) is 8.26. The van der Waals surface area contributed by atoms with Gasteiger partial charge in [0.2, 0.25) is 5.91 Å². The van der Waals surface area contributed by atoms with Crippen LogP contribution in [0.15, 0.2) is 24.3 Å². The molecule has 2 rings (SSSR count). The molecule has 0 unspecified atom stereocenters. The highest BCUT2D eigenvalue weighted by atomic mass is 35.5. The molecule has 2 amide bonds. The molecule has 1 heterocycles. The topological polar surface area (TPSA) is 66.6 Å². The molecule has 5 nitrogen and oxygen atoms in total. The second-order valence-corrected chi connectivity index (χ2v) is 5.89. The van der Waals surface area contributed by atoms with E-state index in [0.29, 0.717) is 31.7 Å². The summed E-state index contributed by atoms with van der Waals surface area (Å²) in [5.41, 5.74) is 6.34. The van der Waals surface area contributed by atoms with Crippen molar-refractivity contribution in [2.24, 2.45) is 11.7 Å². The van der Waals surface area contributed by atoms with Gasteiger partial charge in [0, 0.05) is 31.7 Å². The van der Waals surface area contributed by atoms with Crippen LogP contribution in [0.3, 0.4) is 0 Å². The lowest BCUT2D eigenvalue weighted by molar-refractivity contribution is -0.135. The predicted octanol–water partition coefficient (Wildman–Crippen LogP) is 1.52. The van der Waals surface area contributed by atoms with Gasteiger partial charge in [0.1, 0.15) is 5.82 Å². The summed E-state index contributed by atoms with van der Waals surface area (Å²) >= 11 is 0. The molecule has 0 spiro atoms. The summed E-state index contributed by atoms with van der Waals surface area (Å²) < 4.78 is 12.9. The Kier molecular flexibility index (Phi) is 6.97. The lowest BCUT2D eigenvalue weighted by Crippen LogP contribution is -2.55. The molecule has 1 atom stereocenters. The third-order valence-electron chi connectivity index (χ3n) is 3.97. The maximum atomic E-state index is 12.9. The fourth-order valence-corrected chi connectivity index (χ4v) is 2.40. The molecule has 23 heavy (non-hydrogen) atoms. The van der Waals surface area contributed by atoms with Crippen LogP contribution < -0.4 is 5.73 Å². The standard InChI is InChI=1S/C16H22FN3O2.ClH/c1-11(2)14(18)16(22)20-9-7-19(8-10-20)15(21)12-3-5-13(17)6-4-12;/h3-6,11,14H,7-10,18H2,1-2H3;1H/t14-;/m0./s1. The Hall–Kier alpha value is -1.66. The van der Waals surface area contributed by atoms with E-state index in [9.17, 15) is 14.0 Å². The van der Waals surface area contributed by atoms with Gasteiger partial charge in [0.25, 0.3) is 5.91 Å². The first-order chi connectivity index (χ1) is 10.4. The Morgan fingerprint density at radius 2 is 1.52 bits per heavy atom. The maximum absolute atomic E-state index is 12.9. The minimum atomic E-state index is -0.501. The number of hydrogen-bond acceptors (Lipinski definition) is 3. The summed E-state index contributed by atoms with van der Waals surface area (Å²) in [6, 6.07) is 5.00. The van der Waals surface area contributed by atoms with Crippen molar-refractivity contribution in [1.82, 2.24) is 9.80 Å². The van der Waals surface area contributed by atoms with Gasteiger partial charge in [0.05, 0.1) is 6.04 Å². The van der Waals surface area contributed by atoms with Gasteiger partial charge in [-0.2, -0.15) is 0 Å². The number of nitrogens with two attached hydrogens (primary N) is 1. The van der Waals surface area contributed by atoms with Crippen LogP contribution in [0.2, 0.25) is 0 Å². The number of piperazine rings is 1. The zero-order valence-electron chi connectivity index (χ0n) is 13.4. The first-order valence-electron chi connectivity index (χ1n) is 7.49. The highest BCUT2D eigenvalue weighted by Gasteiger charge is 2.28. The minimum Gasteiger partial charge on any atom is -0.338 e. The van der Waals surface area contributed by atoms with Gasteiger partial charge in [-0.25, -0.2) is 4.39 Å². The second-order valence-electron chi connectivity index (χ2n) is 5.89. The Morgan fingerprint density at radius 1 is 1.04 bits per heavy atom. The highest BCUT2D eigenvalue weighted by Crippen LogP contribution is 2.12. The number of halogens is 2. The van der Waals surface area contributed by atoms with Crippen LogP contribution in [0.5, 0.6) is 0 Å². The van der Waals surface area contributed by atoms with Crippen LogP contribution >= 0.6 is 12.4 Å². The lowest BCUT2D eigenvalue weighted by Gasteiger charge is -2.36. The van der Waals surface area contributed by atoms with Crippen LogP contribution in [0.1, 0.15) is 24.2 Å². The summed E-state index contributed by atoms with van der Waals surface area (Å²) in [4.78, 5) is 27.9. The van der Waals surface area contributed by atoms with Gasteiger partial charge in [-0.05, 0) is 30.2 Å². The number of benzene rings is 1. The van der Waals surface area contributed by atoms with E-state index in [4.69, 9.17) is 5.73 Å². The van der Waals surface area contributed by atoms with E-state index in [1.54, 1.807) is 9.80 Å². The molecule has 7 heteroatoms. The third kappa shape index (κ3) is 4.65. The van der Waals surface area contributed by atoms with E-state index in [1.807, 2.05) is 13.8 Å². The average Bonchev–Trinajstić information content (AvgIpc) is 2.53. The first-order valence-corrected chi connectivity index (χ1v) is 7.49. The molecule has 0 radical (unpaired) electrons. The smallest absolute Gasteiger partial charge is 0.253 e. The van der Waals surface area contributed by atoms with Crippen molar-refractivity contribution in [3.05, 3.63) is 35.6 Å². The molecule has 0 aliphatic carbocycles. The van der Waals surface area contributed by atoms with Crippen molar-refractivity contribution < 1.29 is 14.0 Å². The Morgan fingerprint density at radius 3 is 2.00 bits per heavy atom. The van der Waals surface area contributed by atoms with E-state index >= 15 is 0 Å². The molecule has 1 saturated heterocycles. The fourth-order valence-electron chi connectivity index (χ4n) is 2.40. The van der Waals surface area contributed by atoms with E-state index in [0.717, 1.165) is 0 Å². The number of hydrogen-bond donors (Lipinski definition) is 1. The molecule has 2 N–H and O–H groups in total. The summed E-state index contributed by atoms with van der Waals surface area (Å²) in [5.74, 6) is -0.481. The Balaban J connectivity index is 0.00000264. The number of nitrogens with zero attached hydrogens (tertiary/aromatic N) is 2. The van der Waals surface area contributed by atoms with Crippen LogP contribution in [-0.2, 0) is 4.79 Å². The zero-order chi connectivity index (χ0) is 16.3. The van der Waals surface area contributed by atoms with Crippen LogP contribution in [0, 0.1) is 11.7 Å². The van der Waals surface area contributed by atoms with Crippen molar-refractivity contribution in [3.8, 4) is 0 Å². The van der Waals surface area contributed by atoms with Crippen LogP contribution in [-0.4, -0.2) is 53.8 Å². The monoisotopic (exact) mass is 343 g/mol. The van der Waals surface area contributed by atoms with Crippen LogP contribution in [0.4, 0.5) is 4.39 Å². The predicted molar refractivity (Wildman–Crippen MR) is 88.9 cm³/mol. The fraction of sp³-hybridized carbons (Fsp3) is 0.500. The molecule has 0 saturated carbocycles. The van der Waals surface area contributed by atoms with Crippen molar-refractivity contribution in [2.75, 3.05) is 26.2 Å². The summed E-state index contributed by atoms with van der Waals surface area (Å²) in [5, 5.41) is 0. The molecule has 0 bridgehead atoms. The van der Waals surface area contributed by atoms with Crippen molar-refractivity contribution in [1.29, 1.82) is 0 Å². The zero-order valence-corrected chi connectivity index (χ0v) is 14.2. The van der Waals surface area contributed by atoms with Gasteiger partial charge in [-0.15, -0.1) is 12.4 Å². The van der Waals surface area contributed by atoms with Gasteiger partial charge < -0.3 is 15.5 Å². The van der Waals surface area contributed by atoms with Crippen molar-refractivity contribution >= 4 is 24.2 Å². The summed E-state index contributed by atoms with van der Waals surface area (Å²) in [6.07, 6.45) is 0. The number of rotatable bonds is 3. The van der Waals surface area contributed by atoms with E-state index < -0.39 is 6.04 Å². The molecule has 0 aromatic heterocycles. The molecule has 128 valence electrons. The molecule has 1 aromatic rings. The highest BCUT2D eigenvalue weighted by molar-refractivity contribution is 5.94. The van der Waals surface area contributed by atoms with Gasteiger partial charge >= 0.3 is 0 Å². The molecular formula is C16H23ClFN3O2. The third-order valence-corrected chi connectivity index (χ3v) is 3.97. The maximum Gasteiger partial charge on any atom is 0.253 e. The first kappa shape index (κ1) is 19.4. The SMILES string of the molecule is CC(C)[C@H](N)C(=O)N1CCN(C(=O)c2ccc(F)cc2)CC1.Cl. The number of amides is 2. The molecule has 1 fully saturated rings. The van der Waals surface area contributed by atoms with Crippen molar-refractivity contribution in [2.45, 2.75) is 19.9 Å². The van der Waals surface area contributed by atoms with Crippen LogP contribution in [0.25, 0.3) is 0 Å². The summed E-state index contributed by atoms with van der Waals surface area (Å²) in [6.45, 7) is 5.71. The largest absolute Gasteiger partial charge is 0.338 e. The minimum absolute atomic E-state index is 0. The lowest BCUT2D eigenvalue weighted by atomic mass is 10.0. The number of carbonyl (C=O) groups excluding carboxylic acids is 2. The van der Waals surface area contributed by atoms with Gasteiger partial charge in [0.15, 0.2) is 0 Å². The molecule has 1 aromatic carbocycles. The van der Waals surface area contributed by atoms with Gasteiger partial charge in [-0.1, -0.05) is 13.8 Å². The molecule has 1 aliphatic rings. The van der Waals surface area contributed by atoms with Gasteiger partial charge in [-0.3, -0.25) is 9.59 Å². The number of carbonyl (C=O) groups is 2. The Labute approximate surface area is 142 Å². The average molecular weight is 344 g/mol. The Bertz CT molecular complexity index is 543. The molecule has 1 aliphatic heterocycles. The van der Waals surface area contributed by atoms with E-state index in [-0.39, 0.29) is 36.0 Å². The quantitative estimate of drug-likeness (QED) is 0.904. The normalized spacial score (nSPS) is 16.0. The van der Waals surface area contributed by atoms with Crippen molar-refractivity contribution in [3.63, 3.8) is 0 Å². The van der Waals surface area contributed by atoms with E-state index in [2.05, 4.69) is 0 Å². The van der Waals surface area contributed by atoms with E-state index in [1.165, 1.54) is 24.3 Å². The molecular weight excluding hydrogens is 321 g/mol. The summed E-state index contributed by atoms with van der Waals surface area (Å²) in [7, 11) is 0.